The Hall–Kier alpha value is -3.32. The Morgan fingerprint density at radius 3 is 2.20 bits per heavy atom. The molecule has 9 atom stereocenters. The van der Waals surface area contributed by atoms with Crippen molar-refractivity contribution in [3.63, 3.8) is 0 Å². The highest BCUT2D eigenvalue weighted by Crippen LogP contribution is 2.65. The summed E-state index contributed by atoms with van der Waals surface area (Å²) in [6, 6.07) is 7.99. The molecule has 1 aromatic carbocycles. The zero-order valence-electron chi connectivity index (χ0n) is 25.9. The van der Waals surface area contributed by atoms with Gasteiger partial charge in [0, 0.05) is 25.2 Å². The third-order valence-corrected chi connectivity index (χ3v) is 10.7. The summed E-state index contributed by atoms with van der Waals surface area (Å²) in [5.74, 6) is -3.90. The quantitative estimate of drug-likeness (QED) is 0.256. The van der Waals surface area contributed by atoms with E-state index < -0.39 is 88.3 Å². The van der Waals surface area contributed by atoms with Gasteiger partial charge in [-0.3, -0.25) is 9.59 Å². The Labute approximate surface area is 255 Å². The van der Waals surface area contributed by atoms with Crippen LogP contribution < -0.4 is 0 Å². The molecule has 3 fully saturated rings. The van der Waals surface area contributed by atoms with Crippen LogP contribution in [0.3, 0.4) is 0 Å². The number of rotatable bonds is 4. The number of methoxy groups -OCH3 is 1. The van der Waals surface area contributed by atoms with Gasteiger partial charge in [0.25, 0.3) is 0 Å². The maximum atomic E-state index is 14.9. The fraction of sp³-hybridized carbons (Fsp3) is 0.625. The van der Waals surface area contributed by atoms with Gasteiger partial charge in [-0.15, -0.1) is 0 Å². The summed E-state index contributed by atoms with van der Waals surface area (Å²) in [6.07, 6.45) is -7.46. The number of ketones is 1. The van der Waals surface area contributed by atoms with Crippen molar-refractivity contribution in [2.75, 3.05) is 13.7 Å². The zero-order valence-corrected chi connectivity index (χ0v) is 25.9. The van der Waals surface area contributed by atoms with Crippen LogP contribution in [-0.4, -0.2) is 94.1 Å². The number of aliphatic hydroxyl groups excluding tert-OH is 1. The van der Waals surface area contributed by atoms with E-state index in [-0.39, 0.29) is 29.7 Å². The van der Waals surface area contributed by atoms with E-state index in [0.717, 1.165) is 14.0 Å². The molecule has 1 heterocycles. The summed E-state index contributed by atoms with van der Waals surface area (Å²) in [7, 11) is 1.10. The minimum Gasteiger partial charge on any atom is -0.455 e. The summed E-state index contributed by atoms with van der Waals surface area (Å²) < 4.78 is 28.4. The van der Waals surface area contributed by atoms with Gasteiger partial charge in [0.1, 0.15) is 17.8 Å². The fourth-order valence-corrected chi connectivity index (χ4v) is 8.07. The summed E-state index contributed by atoms with van der Waals surface area (Å²) >= 11 is 0. The Morgan fingerprint density at radius 1 is 1.02 bits per heavy atom. The van der Waals surface area contributed by atoms with Crippen LogP contribution in [0, 0.1) is 16.7 Å². The molecular weight excluding hydrogens is 576 g/mol. The summed E-state index contributed by atoms with van der Waals surface area (Å²) in [5, 5.41) is 36.6. The molecule has 1 saturated heterocycles. The van der Waals surface area contributed by atoms with E-state index in [0.29, 0.717) is 0 Å². The van der Waals surface area contributed by atoms with E-state index >= 15 is 0 Å². The average Bonchev–Trinajstić information content (AvgIpc) is 2.94. The average molecular weight is 617 g/mol. The minimum absolute atomic E-state index is 0.124. The van der Waals surface area contributed by atoms with Crippen molar-refractivity contribution in [2.24, 2.45) is 16.7 Å². The molecule has 0 aromatic heterocycles. The molecule has 3 N–H and O–H groups in total. The minimum atomic E-state index is -2.19. The maximum absolute atomic E-state index is 14.9. The van der Waals surface area contributed by atoms with Gasteiger partial charge in [-0.2, -0.15) is 0 Å². The number of benzene rings is 1. The van der Waals surface area contributed by atoms with Crippen molar-refractivity contribution >= 4 is 23.9 Å². The van der Waals surface area contributed by atoms with E-state index in [4.69, 9.17) is 23.7 Å². The van der Waals surface area contributed by atoms with Gasteiger partial charge in [-0.25, -0.2) is 9.59 Å². The molecule has 1 aliphatic heterocycles. The van der Waals surface area contributed by atoms with Gasteiger partial charge >= 0.3 is 18.1 Å². The molecule has 0 spiro atoms. The summed E-state index contributed by atoms with van der Waals surface area (Å²) in [4.78, 5) is 54.0. The number of aliphatic hydroxyl groups is 3. The summed E-state index contributed by atoms with van der Waals surface area (Å²) in [6.45, 7) is 8.52. The maximum Gasteiger partial charge on any atom is 0.508 e. The second-order valence-corrected chi connectivity index (χ2v) is 13.4. The molecule has 2 unspecified atom stereocenters. The van der Waals surface area contributed by atoms with Gasteiger partial charge < -0.3 is 39.0 Å². The molecule has 2 bridgehead atoms. The molecule has 44 heavy (non-hydrogen) atoms. The standard InChI is InChI=1S/C32H40O12/c1-16-21-22(42-17(2)33)24(35)30(6)19(34)13-20-31(15-41-20,44-27(37)40-7)23(30)25(43-26(36)18-11-9-8-10-12-18)32(39,28(21,3)4)14-29(16,5)38/h8-12,19-20,22-23,25,34,38-39H,13-15H2,1-7H3/t19?,20-,22-,23?,25+,29+,30-,31+,32-/m1/s1. The lowest BCUT2D eigenvalue weighted by molar-refractivity contribution is -0.345. The van der Waals surface area contributed by atoms with E-state index in [1.807, 2.05) is 0 Å². The number of carbonyl (C=O) groups is 4. The lowest BCUT2D eigenvalue weighted by atomic mass is 9.44. The van der Waals surface area contributed by atoms with Crippen LogP contribution in [0.15, 0.2) is 41.5 Å². The fourth-order valence-electron chi connectivity index (χ4n) is 8.07. The third kappa shape index (κ3) is 4.33. The highest BCUT2D eigenvalue weighted by atomic mass is 16.8. The normalized spacial score (nSPS) is 40.7. The van der Waals surface area contributed by atoms with Crippen molar-refractivity contribution in [1.29, 1.82) is 0 Å². The Morgan fingerprint density at radius 2 is 1.66 bits per heavy atom. The molecule has 2 saturated carbocycles. The van der Waals surface area contributed by atoms with Crippen LogP contribution in [0.5, 0.6) is 0 Å². The van der Waals surface area contributed by atoms with Gasteiger partial charge in [0.2, 0.25) is 0 Å². The first-order chi connectivity index (χ1) is 20.4. The van der Waals surface area contributed by atoms with Gasteiger partial charge in [-0.1, -0.05) is 32.0 Å². The molecule has 0 amide bonds. The molecule has 12 nitrogen and oxygen atoms in total. The topological polar surface area (TPSA) is 175 Å². The number of ether oxygens (including phenoxy) is 5. The SMILES string of the molecule is COC(=O)O[C@@]12CO[C@@H]1CC(O)[C@@]1(C)C(=O)[C@H](OC(C)=O)C3=C(C)[C@@](C)(O)C[C@@](O)([C@@H](OC(=O)c4ccccc4)C12)C3(C)C. The monoisotopic (exact) mass is 616 g/mol. The first-order valence-electron chi connectivity index (χ1n) is 14.6. The van der Waals surface area contributed by atoms with Crippen LogP contribution in [0.1, 0.15) is 64.7 Å². The van der Waals surface area contributed by atoms with Crippen molar-refractivity contribution in [1.82, 2.24) is 0 Å². The second kappa shape index (κ2) is 10.4. The van der Waals surface area contributed by atoms with Crippen molar-refractivity contribution in [3.05, 3.63) is 47.0 Å². The van der Waals surface area contributed by atoms with Crippen LogP contribution >= 0.6 is 0 Å². The summed E-state index contributed by atoms with van der Waals surface area (Å²) in [5.41, 5.74) is -8.59. The highest BCUT2D eigenvalue weighted by Gasteiger charge is 2.79. The first kappa shape index (κ1) is 32.1. The van der Waals surface area contributed by atoms with E-state index in [1.54, 1.807) is 39.0 Å². The highest BCUT2D eigenvalue weighted by molar-refractivity contribution is 5.95. The predicted molar refractivity (Wildman–Crippen MR) is 151 cm³/mol. The van der Waals surface area contributed by atoms with Crippen LogP contribution in [0.25, 0.3) is 0 Å². The number of hydrogen-bond donors (Lipinski definition) is 3. The number of fused-ring (bicyclic) bond motifs is 5. The molecule has 1 aromatic rings. The Bertz CT molecular complexity index is 1420. The molecule has 0 radical (unpaired) electrons. The smallest absolute Gasteiger partial charge is 0.455 e. The second-order valence-electron chi connectivity index (χ2n) is 13.4. The van der Waals surface area contributed by atoms with E-state index in [9.17, 15) is 34.5 Å². The van der Waals surface area contributed by atoms with Crippen molar-refractivity contribution < 1.29 is 58.2 Å². The van der Waals surface area contributed by atoms with E-state index in [2.05, 4.69) is 0 Å². The van der Waals surface area contributed by atoms with Crippen molar-refractivity contribution in [2.45, 2.75) is 95.6 Å². The van der Waals surface area contributed by atoms with Crippen LogP contribution in [-0.2, 0) is 33.3 Å². The van der Waals surface area contributed by atoms with Crippen molar-refractivity contribution in [3.8, 4) is 0 Å². The molecular formula is C32H40O12. The van der Waals surface area contributed by atoms with Crippen LogP contribution in [0.2, 0.25) is 0 Å². The lowest BCUT2D eigenvalue weighted by Crippen LogP contribution is -2.82. The third-order valence-electron chi connectivity index (χ3n) is 10.7. The molecule has 12 heteroatoms. The van der Waals surface area contributed by atoms with Gasteiger partial charge in [-0.05, 0) is 44.1 Å². The molecule has 4 aliphatic rings. The van der Waals surface area contributed by atoms with E-state index in [1.165, 1.54) is 26.0 Å². The first-order valence-corrected chi connectivity index (χ1v) is 14.6. The van der Waals surface area contributed by atoms with Gasteiger partial charge in [0.15, 0.2) is 17.5 Å². The molecule has 3 aliphatic carbocycles. The Balaban J connectivity index is 1.86. The number of hydrogen-bond acceptors (Lipinski definition) is 12. The van der Waals surface area contributed by atoms with Crippen LogP contribution in [0.4, 0.5) is 4.79 Å². The number of carbonyl (C=O) groups excluding carboxylic acids is 4. The lowest BCUT2D eigenvalue weighted by Gasteiger charge is -2.67. The van der Waals surface area contributed by atoms with Gasteiger partial charge in [0.05, 0.1) is 42.3 Å². The largest absolute Gasteiger partial charge is 0.508 e. The molecule has 5 rings (SSSR count). The number of esters is 2. The molecule has 240 valence electrons. The zero-order chi connectivity index (χ0) is 32.6. The Kier molecular flexibility index (Phi) is 7.56. The number of Topliss-reactive ketones (excluding diaryl/α,β-unsaturated/α-hetero) is 1. The predicted octanol–water partition coefficient (Wildman–Crippen LogP) is 2.26.